The van der Waals surface area contributed by atoms with Crippen LogP contribution in [0.3, 0.4) is 0 Å². The molecular weight excluding hydrogens is 491 g/mol. The first kappa shape index (κ1) is 25.8. The minimum Gasteiger partial charge on any atom is -0.389 e. The molecule has 3 unspecified atom stereocenters. The Kier molecular flexibility index (Phi) is 7.61. The molecule has 1 aromatic rings. The predicted octanol–water partition coefficient (Wildman–Crippen LogP) is -1.41. The summed E-state index contributed by atoms with van der Waals surface area (Å²) in [6.07, 6.45) is -3.62. The van der Waals surface area contributed by atoms with E-state index in [2.05, 4.69) is 13.1 Å². The summed E-state index contributed by atoms with van der Waals surface area (Å²) in [6.45, 7) is 0.324. The van der Waals surface area contributed by atoms with Crippen molar-refractivity contribution in [3.05, 3.63) is 32.6 Å². The first-order valence-electron chi connectivity index (χ1n) is 7.89. The fourth-order valence-corrected chi connectivity index (χ4v) is 5.54. The maximum Gasteiger partial charge on any atom is 0.490 e. The van der Waals surface area contributed by atoms with Gasteiger partial charge in [0.1, 0.15) is 18.1 Å². The van der Waals surface area contributed by atoms with E-state index in [4.69, 9.17) is 19.4 Å². The van der Waals surface area contributed by atoms with Gasteiger partial charge < -0.3 is 29.4 Å². The Labute approximate surface area is 171 Å². The Balaban J connectivity index is 2.15. The van der Waals surface area contributed by atoms with Crippen molar-refractivity contribution in [2.45, 2.75) is 25.4 Å². The fourth-order valence-electron chi connectivity index (χ4n) is 2.51. The molecule has 31 heavy (non-hydrogen) atoms. The molecule has 0 saturated carbocycles. The zero-order valence-electron chi connectivity index (χ0n) is 15.2. The highest BCUT2D eigenvalue weighted by Gasteiger charge is 2.47. The summed E-state index contributed by atoms with van der Waals surface area (Å²) in [5.41, 5.74) is -1.59. The molecule has 20 heteroatoms. The molecule has 6 N–H and O–H groups in total. The molecule has 2 rings (SSSR count). The zero-order valence-corrected chi connectivity index (χ0v) is 17.9. The molecule has 0 bridgehead atoms. The Morgan fingerprint density at radius 2 is 1.81 bits per heavy atom. The third-order valence-corrected chi connectivity index (χ3v) is 7.56. The van der Waals surface area contributed by atoms with Gasteiger partial charge in [-0.25, -0.2) is 18.5 Å². The van der Waals surface area contributed by atoms with Crippen molar-refractivity contribution in [3.8, 4) is 6.07 Å². The molecule has 0 spiro atoms. The van der Waals surface area contributed by atoms with Crippen molar-refractivity contribution in [2.75, 3.05) is 6.61 Å². The standard InChI is InChI=1S/C11H16N3O14P3/c1-5-3-14(11(17)13-9(5)16)10-6(2-12)8(15)7(26-10)4-25-30(21,22)28-31(23,24)27-29(18,19)20/h3,6-8,10,15H,4H2,1H3,(H,21,22)(H,23,24)(H,13,16,17)(H2,18,19,20)/t6?,7-,8-,10-/m0/s1. The number of hydrogen-bond donors (Lipinski definition) is 6. The van der Waals surface area contributed by atoms with Gasteiger partial charge in [-0.2, -0.15) is 13.9 Å². The first-order valence-corrected chi connectivity index (χ1v) is 12.4. The minimum absolute atomic E-state index is 0.0751. The number of nitrogens with zero attached hydrogens (tertiary/aromatic N) is 2. The highest BCUT2D eigenvalue weighted by atomic mass is 31.3. The summed E-state index contributed by atoms with van der Waals surface area (Å²) in [5.74, 6) is -1.41. The van der Waals surface area contributed by atoms with E-state index < -0.39 is 65.7 Å². The molecule has 1 aromatic heterocycles. The lowest BCUT2D eigenvalue weighted by Gasteiger charge is -2.19. The van der Waals surface area contributed by atoms with E-state index in [1.54, 1.807) is 6.07 Å². The molecule has 0 aromatic carbocycles. The second kappa shape index (κ2) is 9.16. The summed E-state index contributed by atoms with van der Waals surface area (Å²) in [5, 5.41) is 19.5. The van der Waals surface area contributed by atoms with Crippen LogP contribution in [0, 0.1) is 24.2 Å². The van der Waals surface area contributed by atoms with Gasteiger partial charge in [0, 0.05) is 11.8 Å². The van der Waals surface area contributed by atoms with Gasteiger partial charge in [-0.1, -0.05) is 0 Å². The second-order valence-electron chi connectivity index (χ2n) is 6.08. The van der Waals surface area contributed by atoms with Crippen molar-refractivity contribution in [2.24, 2.45) is 5.92 Å². The number of aliphatic hydroxyl groups excluding tert-OH is 1. The predicted molar refractivity (Wildman–Crippen MR) is 94.9 cm³/mol. The maximum atomic E-state index is 12.0. The van der Waals surface area contributed by atoms with Gasteiger partial charge in [0.25, 0.3) is 5.56 Å². The van der Waals surface area contributed by atoms with Crippen LogP contribution < -0.4 is 11.2 Å². The van der Waals surface area contributed by atoms with Crippen molar-refractivity contribution >= 4 is 23.5 Å². The van der Waals surface area contributed by atoms with Gasteiger partial charge in [0.2, 0.25) is 0 Å². The number of aromatic nitrogens is 2. The molecule has 1 aliphatic heterocycles. The SMILES string of the molecule is Cc1cn([C@H]2O[C@@H](COP(=O)(O)OP(=O)(O)OP(=O)(O)O)[C@@H](O)C2C#N)c(=O)[nH]c1=O. The van der Waals surface area contributed by atoms with E-state index >= 15 is 0 Å². The van der Waals surface area contributed by atoms with Gasteiger partial charge in [0.15, 0.2) is 6.23 Å². The highest BCUT2D eigenvalue weighted by Crippen LogP contribution is 2.66. The van der Waals surface area contributed by atoms with Crippen LogP contribution in [0.2, 0.25) is 0 Å². The molecule has 0 aliphatic carbocycles. The van der Waals surface area contributed by atoms with Crippen LogP contribution in [0.15, 0.2) is 15.8 Å². The smallest absolute Gasteiger partial charge is 0.389 e. The summed E-state index contributed by atoms with van der Waals surface area (Å²) >= 11 is 0. The number of aliphatic hydroxyl groups is 1. The van der Waals surface area contributed by atoms with Gasteiger partial charge >= 0.3 is 29.2 Å². The number of H-pyrrole nitrogens is 1. The Bertz CT molecular complexity index is 1130. The van der Waals surface area contributed by atoms with Crippen LogP contribution in [0.25, 0.3) is 0 Å². The topological polar surface area (TPSA) is 268 Å². The summed E-state index contributed by atoms with van der Waals surface area (Å²) in [4.78, 5) is 61.0. The number of phosphoric ester groups is 1. The maximum absolute atomic E-state index is 12.0. The van der Waals surface area contributed by atoms with E-state index in [9.17, 15) is 38.5 Å². The fraction of sp³-hybridized carbons (Fsp3) is 0.545. The van der Waals surface area contributed by atoms with E-state index in [1.165, 1.54) is 6.92 Å². The number of nitrogens with one attached hydrogen (secondary N) is 1. The molecule has 1 fully saturated rings. The van der Waals surface area contributed by atoms with E-state index in [0.29, 0.717) is 0 Å². The molecule has 0 radical (unpaired) electrons. The van der Waals surface area contributed by atoms with E-state index in [1.807, 2.05) is 4.98 Å². The molecule has 17 nitrogen and oxygen atoms in total. The van der Waals surface area contributed by atoms with Gasteiger partial charge in [-0.15, -0.1) is 0 Å². The lowest BCUT2D eigenvalue weighted by atomic mass is 10.0. The number of hydrogen-bond acceptors (Lipinski definition) is 11. The second-order valence-corrected chi connectivity index (χ2v) is 10.5. The number of rotatable bonds is 8. The molecule has 174 valence electrons. The molecule has 6 atom stereocenters. The molecule has 0 amide bonds. The molecular formula is C11H16N3O14P3. The number of ether oxygens (including phenoxy) is 1. The van der Waals surface area contributed by atoms with Crippen LogP contribution in [0.5, 0.6) is 0 Å². The van der Waals surface area contributed by atoms with Crippen molar-refractivity contribution in [1.29, 1.82) is 5.26 Å². The zero-order chi connectivity index (χ0) is 23.8. The Hall–Kier alpha value is -1.50. The minimum atomic E-state index is -5.74. The third kappa shape index (κ3) is 6.74. The monoisotopic (exact) mass is 507 g/mol. The highest BCUT2D eigenvalue weighted by molar-refractivity contribution is 7.66. The van der Waals surface area contributed by atoms with Crippen LogP contribution >= 0.6 is 23.5 Å². The average molecular weight is 507 g/mol. The number of nitriles is 1. The molecule has 1 aliphatic rings. The summed E-state index contributed by atoms with van der Waals surface area (Å²) in [6, 6.07) is 1.68. The van der Waals surface area contributed by atoms with Crippen molar-refractivity contribution in [3.63, 3.8) is 0 Å². The van der Waals surface area contributed by atoms with Gasteiger partial charge in [-0.3, -0.25) is 18.9 Å². The quantitative estimate of drug-likeness (QED) is 0.221. The Morgan fingerprint density at radius 3 is 2.35 bits per heavy atom. The van der Waals surface area contributed by atoms with Crippen molar-refractivity contribution < 1.29 is 56.3 Å². The average Bonchev–Trinajstić information content (AvgIpc) is 2.88. The lowest BCUT2D eigenvalue weighted by Crippen LogP contribution is -2.35. The normalized spacial score (nSPS) is 27.9. The van der Waals surface area contributed by atoms with E-state index in [0.717, 1.165) is 10.8 Å². The van der Waals surface area contributed by atoms with E-state index in [-0.39, 0.29) is 5.56 Å². The number of aryl methyl sites for hydroxylation is 1. The largest absolute Gasteiger partial charge is 0.490 e. The number of phosphoric acid groups is 3. The first-order chi connectivity index (χ1) is 14.1. The van der Waals surface area contributed by atoms with Crippen LogP contribution in [0.4, 0.5) is 0 Å². The third-order valence-electron chi connectivity index (χ3n) is 3.76. The van der Waals surface area contributed by atoms with Crippen LogP contribution in [0.1, 0.15) is 11.8 Å². The number of aromatic amines is 1. The lowest BCUT2D eigenvalue weighted by molar-refractivity contribution is -0.0461. The summed E-state index contributed by atoms with van der Waals surface area (Å²) < 4.78 is 51.2. The Morgan fingerprint density at radius 1 is 1.19 bits per heavy atom. The van der Waals surface area contributed by atoms with Gasteiger partial charge in [-0.05, 0) is 6.92 Å². The molecule has 2 heterocycles. The van der Waals surface area contributed by atoms with Crippen molar-refractivity contribution in [1.82, 2.24) is 9.55 Å². The van der Waals surface area contributed by atoms with Crippen LogP contribution in [-0.2, 0) is 31.6 Å². The van der Waals surface area contributed by atoms with Crippen LogP contribution in [-0.4, -0.2) is 53.0 Å². The molecule has 1 saturated heterocycles. The summed E-state index contributed by atoms with van der Waals surface area (Å²) in [7, 11) is -16.8. The van der Waals surface area contributed by atoms with Gasteiger partial charge in [0.05, 0.1) is 12.7 Å².